The minimum Gasteiger partial charge on any atom is -0.493 e. The van der Waals surface area contributed by atoms with Gasteiger partial charge in [0.05, 0.1) is 31.6 Å². The molecule has 5 rings (SSSR count). The molecule has 0 saturated heterocycles. The van der Waals surface area contributed by atoms with Gasteiger partial charge < -0.3 is 14.5 Å². The lowest BCUT2D eigenvalue weighted by atomic mass is 10.1. The molecule has 154 valence electrons. The zero-order valence-electron chi connectivity index (χ0n) is 16.7. The van der Waals surface area contributed by atoms with Crippen molar-refractivity contribution in [2.75, 3.05) is 14.2 Å². The highest BCUT2D eigenvalue weighted by Gasteiger charge is 2.16. The van der Waals surface area contributed by atoms with Crippen molar-refractivity contribution < 1.29 is 9.47 Å². The maximum Gasteiger partial charge on any atom is 0.251 e. The lowest BCUT2D eigenvalue weighted by molar-refractivity contribution is 0.356. The Bertz CT molecular complexity index is 1420. The summed E-state index contributed by atoms with van der Waals surface area (Å²) in [5.41, 5.74) is 4.01. The normalized spacial score (nSPS) is 11.0. The molecule has 0 aliphatic carbocycles. The van der Waals surface area contributed by atoms with Crippen LogP contribution in [-0.4, -0.2) is 39.0 Å². The molecule has 0 aliphatic heterocycles. The number of aromatic amines is 1. The van der Waals surface area contributed by atoms with E-state index >= 15 is 0 Å². The number of rotatable bonds is 5. The second kappa shape index (κ2) is 7.69. The topological polar surface area (TPSA) is 94.9 Å². The molecule has 0 fully saturated rings. The highest BCUT2D eigenvalue weighted by molar-refractivity contribution is 7.08. The molecular weight excluding hydrogens is 414 g/mol. The number of aromatic nitrogens is 5. The molecule has 1 aromatic carbocycles. The SMILES string of the molecule is COc1cc2nc(-n3cc(-c4ccc(=O)[nH]c4)cn3)nc(-c3ccsc3)c2cc1OC. The zero-order chi connectivity index (χ0) is 21.4. The van der Waals surface area contributed by atoms with Crippen molar-refractivity contribution in [3.8, 4) is 39.8 Å². The highest BCUT2D eigenvalue weighted by atomic mass is 32.1. The first-order valence-corrected chi connectivity index (χ1v) is 10.3. The Morgan fingerprint density at radius 2 is 1.84 bits per heavy atom. The van der Waals surface area contributed by atoms with Gasteiger partial charge in [-0.1, -0.05) is 0 Å². The molecule has 0 unspecified atom stereocenters. The van der Waals surface area contributed by atoms with Crippen LogP contribution in [-0.2, 0) is 0 Å². The maximum atomic E-state index is 11.3. The average molecular weight is 431 g/mol. The van der Waals surface area contributed by atoms with E-state index < -0.39 is 0 Å². The minimum absolute atomic E-state index is 0.154. The van der Waals surface area contributed by atoms with Gasteiger partial charge in [0.25, 0.3) is 5.95 Å². The molecule has 0 radical (unpaired) electrons. The molecule has 0 aliphatic rings. The average Bonchev–Trinajstić information content (AvgIpc) is 3.50. The monoisotopic (exact) mass is 431 g/mol. The second-order valence-corrected chi connectivity index (χ2v) is 7.50. The molecule has 9 heteroatoms. The van der Waals surface area contributed by atoms with E-state index in [0.29, 0.717) is 23.0 Å². The molecule has 31 heavy (non-hydrogen) atoms. The van der Waals surface area contributed by atoms with E-state index in [9.17, 15) is 4.79 Å². The van der Waals surface area contributed by atoms with E-state index in [4.69, 9.17) is 19.4 Å². The fraction of sp³-hybridized carbons (Fsp3) is 0.0909. The Morgan fingerprint density at radius 1 is 1.00 bits per heavy atom. The van der Waals surface area contributed by atoms with Crippen LogP contribution >= 0.6 is 11.3 Å². The number of pyridine rings is 1. The standard InChI is InChI=1S/C22H17N5O3S/c1-29-18-7-16-17(8-19(18)30-2)25-22(26-21(16)14-5-6-31-12-14)27-11-15(10-24-27)13-3-4-20(28)23-9-13/h3-12H,1-2H3,(H,23,28). The summed E-state index contributed by atoms with van der Waals surface area (Å²) < 4.78 is 12.5. The summed E-state index contributed by atoms with van der Waals surface area (Å²) in [7, 11) is 3.20. The second-order valence-electron chi connectivity index (χ2n) is 6.72. The van der Waals surface area contributed by atoms with E-state index in [1.807, 2.05) is 35.2 Å². The van der Waals surface area contributed by atoms with Gasteiger partial charge in [-0.25, -0.2) is 14.6 Å². The molecule has 8 nitrogen and oxygen atoms in total. The number of ether oxygens (including phenoxy) is 2. The molecule has 0 bridgehead atoms. The van der Waals surface area contributed by atoms with E-state index in [1.165, 1.54) is 6.07 Å². The van der Waals surface area contributed by atoms with Crippen molar-refractivity contribution in [2.24, 2.45) is 0 Å². The van der Waals surface area contributed by atoms with E-state index in [2.05, 4.69) is 10.1 Å². The van der Waals surface area contributed by atoms with Crippen LogP contribution in [0.25, 0.3) is 39.2 Å². The third-order valence-electron chi connectivity index (χ3n) is 4.89. The van der Waals surface area contributed by atoms with Gasteiger partial charge in [-0.15, -0.1) is 0 Å². The molecule has 4 aromatic heterocycles. The van der Waals surface area contributed by atoms with Gasteiger partial charge in [0, 0.05) is 52.0 Å². The van der Waals surface area contributed by atoms with Gasteiger partial charge in [-0.3, -0.25) is 4.79 Å². The van der Waals surface area contributed by atoms with Crippen molar-refractivity contribution in [3.63, 3.8) is 0 Å². The van der Waals surface area contributed by atoms with Crippen LogP contribution in [0.4, 0.5) is 0 Å². The summed E-state index contributed by atoms with van der Waals surface area (Å²) in [6, 6.07) is 8.96. The first kappa shape index (κ1) is 19.0. The van der Waals surface area contributed by atoms with Gasteiger partial charge in [0.1, 0.15) is 0 Å². The van der Waals surface area contributed by atoms with E-state index in [-0.39, 0.29) is 5.56 Å². The van der Waals surface area contributed by atoms with Crippen LogP contribution in [0.3, 0.4) is 0 Å². The molecule has 5 aromatic rings. The van der Waals surface area contributed by atoms with Crippen LogP contribution in [0, 0.1) is 0 Å². The van der Waals surface area contributed by atoms with Crippen LogP contribution in [0.15, 0.2) is 64.5 Å². The van der Waals surface area contributed by atoms with Crippen LogP contribution in [0.1, 0.15) is 0 Å². The third-order valence-corrected chi connectivity index (χ3v) is 5.57. The Labute approximate surface area is 180 Å². The Hall–Kier alpha value is -3.98. The molecule has 0 saturated carbocycles. The van der Waals surface area contributed by atoms with Crippen LogP contribution in [0.5, 0.6) is 11.5 Å². The van der Waals surface area contributed by atoms with Crippen molar-refractivity contribution in [2.45, 2.75) is 0 Å². The number of methoxy groups -OCH3 is 2. The van der Waals surface area contributed by atoms with Crippen molar-refractivity contribution in [3.05, 3.63) is 70.0 Å². The third kappa shape index (κ3) is 3.44. The van der Waals surface area contributed by atoms with Crippen molar-refractivity contribution in [1.29, 1.82) is 0 Å². The fourth-order valence-corrected chi connectivity index (χ4v) is 3.98. The number of thiophene rings is 1. The molecule has 0 amide bonds. The largest absolute Gasteiger partial charge is 0.493 e. The number of hydrogen-bond acceptors (Lipinski definition) is 7. The van der Waals surface area contributed by atoms with Gasteiger partial charge in [0.15, 0.2) is 11.5 Å². The summed E-state index contributed by atoms with van der Waals surface area (Å²) in [6.45, 7) is 0. The van der Waals surface area contributed by atoms with E-state index in [0.717, 1.165) is 27.8 Å². The summed E-state index contributed by atoms with van der Waals surface area (Å²) in [6.07, 6.45) is 5.19. The minimum atomic E-state index is -0.154. The number of nitrogens with one attached hydrogen (secondary N) is 1. The first-order chi connectivity index (χ1) is 15.2. The number of fused-ring (bicyclic) bond motifs is 1. The Kier molecular flexibility index (Phi) is 4.72. The lowest BCUT2D eigenvalue weighted by Gasteiger charge is -2.12. The molecule has 0 atom stereocenters. The summed E-state index contributed by atoms with van der Waals surface area (Å²) in [5.74, 6) is 1.63. The highest BCUT2D eigenvalue weighted by Crippen LogP contribution is 2.36. The van der Waals surface area contributed by atoms with Crippen LogP contribution < -0.4 is 15.0 Å². The Morgan fingerprint density at radius 3 is 2.55 bits per heavy atom. The van der Waals surface area contributed by atoms with Gasteiger partial charge in [0.2, 0.25) is 5.56 Å². The molecule has 4 heterocycles. The van der Waals surface area contributed by atoms with Gasteiger partial charge in [-0.2, -0.15) is 16.4 Å². The van der Waals surface area contributed by atoms with Crippen molar-refractivity contribution >= 4 is 22.2 Å². The van der Waals surface area contributed by atoms with Crippen LogP contribution in [0.2, 0.25) is 0 Å². The predicted octanol–water partition coefficient (Wildman–Crippen LogP) is 3.92. The fourth-order valence-electron chi connectivity index (χ4n) is 3.34. The summed E-state index contributed by atoms with van der Waals surface area (Å²) in [4.78, 5) is 23.5. The number of benzene rings is 1. The first-order valence-electron chi connectivity index (χ1n) is 9.37. The van der Waals surface area contributed by atoms with E-state index in [1.54, 1.807) is 48.7 Å². The molecule has 1 N–H and O–H groups in total. The number of H-pyrrole nitrogens is 1. The summed E-state index contributed by atoms with van der Waals surface area (Å²) in [5, 5.41) is 9.34. The Balaban J connectivity index is 1.69. The van der Waals surface area contributed by atoms with Gasteiger partial charge >= 0.3 is 0 Å². The quantitative estimate of drug-likeness (QED) is 0.453. The summed E-state index contributed by atoms with van der Waals surface area (Å²) >= 11 is 1.60. The number of hydrogen-bond donors (Lipinski definition) is 1. The predicted molar refractivity (Wildman–Crippen MR) is 119 cm³/mol. The molecular formula is C22H17N5O3S. The zero-order valence-corrected chi connectivity index (χ0v) is 17.5. The van der Waals surface area contributed by atoms with Crippen molar-refractivity contribution in [1.82, 2.24) is 24.7 Å². The lowest BCUT2D eigenvalue weighted by Crippen LogP contribution is -2.04. The van der Waals surface area contributed by atoms with Gasteiger partial charge in [-0.05, 0) is 23.6 Å². The molecule has 0 spiro atoms. The maximum absolute atomic E-state index is 11.3. The smallest absolute Gasteiger partial charge is 0.251 e. The number of nitrogens with zero attached hydrogens (tertiary/aromatic N) is 4.